The van der Waals surface area contributed by atoms with Gasteiger partial charge in [0.25, 0.3) is 0 Å². The summed E-state index contributed by atoms with van der Waals surface area (Å²) in [6.07, 6.45) is 4.98. The lowest BCUT2D eigenvalue weighted by Gasteiger charge is -2.16. The first-order valence-corrected chi connectivity index (χ1v) is 6.57. The van der Waals surface area contributed by atoms with Crippen LogP contribution in [0.4, 0.5) is 0 Å². The molecule has 0 aliphatic carbocycles. The van der Waals surface area contributed by atoms with Crippen LogP contribution in [0.25, 0.3) is 11.0 Å². The summed E-state index contributed by atoms with van der Waals surface area (Å²) in [5.74, 6) is 0.479. The molecule has 21 heavy (non-hydrogen) atoms. The molecule has 2 heterocycles. The third kappa shape index (κ3) is 2.53. The summed E-state index contributed by atoms with van der Waals surface area (Å²) in [7, 11) is 3.42. The zero-order valence-electron chi connectivity index (χ0n) is 11.8. The van der Waals surface area contributed by atoms with Crippen molar-refractivity contribution in [2.45, 2.75) is 6.04 Å². The maximum atomic E-state index is 5.28. The van der Waals surface area contributed by atoms with E-state index < -0.39 is 0 Å². The van der Waals surface area contributed by atoms with Crippen molar-refractivity contribution >= 4 is 11.0 Å². The highest BCUT2D eigenvalue weighted by molar-refractivity contribution is 5.73. The van der Waals surface area contributed by atoms with Gasteiger partial charge in [-0.15, -0.1) is 0 Å². The highest BCUT2D eigenvalue weighted by Crippen LogP contribution is 2.25. The second-order valence-electron chi connectivity index (χ2n) is 4.46. The summed E-state index contributed by atoms with van der Waals surface area (Å²) in [6, 6.07) is 7.53. The number of fused-ring (bicyclic) bond motifs is 1. The molecule has 0 fully saturated rings. The molecule has 2 aromatic heterocycles. The average Bonchev–Trinajstić information content (AvgIpc) is 2.56. The Labute approximate surface area is 122 Å². The number of hydrogen-bond acceptors (Lipinski definition) is 6. The Hall–Kier alpha value is -2.60. The second kappa shape index (κ2) is 5.80. The number of nitrogens with zero attached hydrogens (tertiary/aromatic N) is 4. The second-order valence-corrected chi connectivity index (χ2v) is 4.46. The van der Waals surface area contributed by atoms with Crippen LogP contribution in [-0.4, -0.2) is 34.1 Å². The molecule has 0 bridgehead atoms. The van der Waals surface area contributed by atoms with E-state index in [0.717, 1.165) is 16.7 Å². The topological polar surface area (TPSA) is 72.8 Å². The van der Waals surface area contributed by atoms with Gasteiger partial charge in [-0.2, -0.15) is 0 Å². The third-order valence-corrected chi connectivity index (χ3v) is 3.21. The van der Waals surface area contributed by atoms with Gasteiger partial charge in [-0.1, -0.05) is 12.1 Å². The summed E-state index contributed by atoms with van der Waals surface area (Å²) >= 11 is 0. The predicted molar refractivity (Wildman–Crippen MR) is 79.0 cm³/mol. The van der Waals surface area contributed by atoms with E-state index in [4.69, 9.17) is 4.74 Å². The van der Waals surface area contributed by atoms with E-state index in [1.165, 1.54) is 0 Å². The summed E-state index contributed by atoms with van der Waals surface area (Å²) in [5.41, 5.74) is 3.17. The van der Waals surface area contributed by atoms with E-state index in [2.05, 4.69) is 25.3 Å². The average molecular weight is 281 g/mol. The SMILES string of the molecule is CNC(c1cnc2ccccc2n1)c1nccnc1OC. The van der Waals surface area contributed by atoms with Crippen molar-refractivity contribution in [3.8, 4) is 5.88 Å². The van der Waals surface area contributed by atoms with Crippen LogP contribution in [0.5, 0.6) is 5.88 Å². The molecule has 106 valence electrons. The van der Waals surface area contributed by atoms with E-state index in [1.54, 1.807) is 25.7 Å². The molecule has 6 nitrogen and oxygen atoms in total. The van der Waals surface area contributed by atoms with Gasteiger partial charge in [-0.25, -0.2) is 9.97 Å². The molecule has 0 aliphatic heterocycles. The molecule has 0 aliphatic rings. The van der Waals surface area contributed by atoms with Crippen LogP contribution in [0.3, 0.4) is 0 Å². The van der Waals surface area contributed by atoms with E-state index in [1.807, 2.05) is 31.3 Å². The lowest BCUT2D eigenvalue weighted by molar-refractivity contribution is 0.383. The summed E-state index contributed by atoms with van der Waals surface area (Å²) in [4.78, 5) is 17.6. The molecule has 0 saturated heterocycles. The van der Waals surface area contributed by atoms with Crippen molar-refractivity contribution in [1.82, 2.24) is 25.3 Å². The lowest BCUT2D eigenvalue weighted by Crippen LogP contribution is -2.21. The zero-order valence-corrected chi connectivity index (χ0v) is 11.8. The van der Waals surface area contributed by atoms with Crippen LogP contribution in [0.15, 0.2) is 42.9 Å². The Morgan fingerprint density at radius 1 is 1.05 bits per heavy atom. The van der Waals surface area contributed by atoms with Crippen LogP contribution in [0.1, 0.15) is 17.4 Å². The molecule has 0 saturated carbocycles. The number of para-hydroxylation sites is 2. The van der Waals surface area contributed by atoms with Gasteiger partial charge in [0.05, 0.1) is 36.1 Å². The van der Waals surface area contributed by atoms with Crippen LogP contribution in [-0.2, 0) is 0 Å². The van der Waals surface area contributed by atoms with E-state index in [-0.39, 0.29) is 6.04 Å². The largest absolute Gasteiger partial charge is 0.480 e. The van der Waals surface area contributed by atoms with Gasteiger partial charge >= 0.3 is 0 Å². The van der Waals surface area contributed by atoms with Crippen molar-refractivity contribution in [1.29, 1.82) is 0 Å². The Morgan fingerprint density at radius 2 is 1.81 bits per heavy atom. The van der Waals surface area contributed by atoms with Gasteiger partial charge in [0.1, 0.15) is 5.69 Å². The maximum absolute atomic E-state index is 5.28. The van der Waals surface area contributed by atoms with Gasteiger partial charge in [0, 0.05) is 12.4 Å². The maximum Gasteiger partial charge on any atom is 0.237 e. The van der Waals surface area contributed by atoms with Gasteiger partial charge in [0.15, 0.2) is 0 Å². The minimum Gasteiger partial charge on any atom is -0.480 e. The van der Waals surface area contributed by atoms with Crippen molar-refractivity contribution < 1.29 is 4.74 Å². The van der Waals surface area contributed by atoms with E-state index in [0.29, 0.717) is 11.6 Å². The van der Waals surface area contributed by atoms with Crippen LogP contribution < -0.4 is 10.1 Å². The van der Waals surface area contributed by atoms with Gasteiger partial charge < -0.3 is 10.1 Å². The lowest BCUT2D eigenvalue weighted by atomic mass is 10.1. The minimum absolute atomic E-state index is 0.231. The smallest absolute Gasteiger partial charge is 0.237 e. The standard InChI is InChI=1S/C15H15N5O/c1-16-13(14-15(21-2)18-8-7-17-14)12-9-19-10-5-3-4-6-11(10)20-12/h3-9,13,16H,1-2H3. The summed E-state index contributed by atoms with van der Waals surface area (Å²) in [6.45, 7) is 0. The van der Waals surface area contributed by atoms with Crippen molar-refractivity contribution in [2.24, 2.45) is 0 Å². The van der Waals surface area contributed by atoms with Gasteiger partial charge in [0.2, 0.25) is 5.88 Å². The van der Waals surface area contributed by atoms with Crippen LogP contribution in [0, 0.1) is 0 Å². The molecule has 3 aromatic rings. The zero-order chi connectivity index (χ0) is 14.7. The number of methoxy groups -OCH3 is 1. The molecule has 1 N–H and O–H groups in total. The molecular weight excluding hydrogens is 266 g/mol. The fourth-order valence-corrected chi connectivity index (χ4v) is 2.23. The molecular formula is C15H15N5O. The van der Waals surface area contributed by atoms with Crippen molar-refractivity contribution in [3.63, 3.8) is 0 Å². The van der Waals surface area contributed by atoms with Crippen molar-refractivity contribution in [3.05, 3.63) is 54.2 Å². The third-order valence-electron chi connectivity index (χ3n) is 3.21. The number of aromatic nitrogens is 4. The van der Waals surface area contributed by atoms with Gasteiger partial charge in [-0.3, -0.25) is 9.97 Å². The predicted octanol–water partition coefficient (Wildman–Crippen LogP) is 1.74. The Balaban J connectivity index is 2.09. The Bertz CT molecular complexity index is 762. The number of hydrogen-bond donors (Lipinski definition) is 1. The van der Waals surface area contributed by atoms with E-state index in [9.17, 15) is 0 Å². The molecule has 6 heteroatoms. The van der Waals surface area contributed by atoms with Crippen molar-refractivity contribution in [2.75, 3.05) is 14.2 Å². The summed E-state index contributed by atoms with van der Waals surface area (Å²) < 4.78 is 5.28. The van der Waals surface area contributed by atoms with Crippen LogP contribution >= 0.6 is 0 Å². The number of benzene rings is 1. The Kier molecular flexibility index (Phi) is 3.70. The molecule has 1 atom stereocenters. The van der Waals surface area contributed by atoms with Gasteiger partial charge in [-0.05, 0) is 19.2 Å². The number of nitrogens with one attached hydrogen (secondary N) is 1. The number of ether oxygens (including phenoxy) is 1. The summed E-state index contributed by atoms with van der Waals surface area (Å²) in [5, 5.41) is 3.19. The molecule has 0 spiro atoms. The monoisotopic (exact) mass is 281 g/mol. The molecule has 1 unspecified atom stereocenters. The molecule has 0 radical (unpaired) electrons. The first-order valence-electron chi connectivity index (χ1n) is 6.57. The fourth-order valence-electron chi connectivity index (χ4n) is 2.23. The highest BCUT2D eigenvalue weighted by Gasteiger charge is 2.20. The normalized spacial score (nSPS) is 12.3. The molecule has 3 rings (SSSR count). The minimum atomic E-state index is -0.231. The quantitative estimate of drug-likeness (QED) is 0.785. The van der Waals surface area contributed by atoms with E-state index >= 15 is 0 Å². The number of rotatable bonds is 4. The van der Waals surface area contributed by atoms with Crippen LogP contribution in [0.2, 0.25) is 0 Å². The first kappa shape index (κ1) is 13.4. The first-order chi connectivity index (χ1) is 10.3. The molecule has 0 amide bonds. The Morgan fingerprint density at radius 3 is 2.57 bits per heavy atom. The fraction of sp³-hybridized carbons (Fsp3) is 0.200. The molecule has 1 aromatic carbocycles. The highest BCUT2D eigenvalue weighted by atomic mass is 16.5.